The molecule has 0 N–H and O–H groups in total. The van der Waals surface area contributed by atoms with Crippen molar-refractivity contribution < 1.29 is 14.6 Å². The van der Waals surface area contributed by atoms with Crippen LogP contribution in [0.3, 0.4) is 0 Å². The second-order valence-corrected chi connectivity index (χ2v) is 3.15. The average molecular weight is 189 g/mol. The molecule has 0 bridgehead atoms. The van der Waals surface area contributed by atoms with Gasteiger partial charge in [-0.15, -0.1) is 0 Å². The topological polar surface area (TPSA) is 38.4 Å². The fourth-order valence-corrected chi connectivity index (χ4v) is 0.950. The normalized spacial score (nSPS) is 15.7. The van der Waals surface area contributed by atoms with Crippen LogP contribution in [0.4, 0.5) is 0 Å². The summed E-state index contributed by atoms with van der Waals surface area (Å²) in [6.07, 6.45) is 2.24. The summed E-state index contributed by atoms with van der Waals surface area (Å²) < 4.78 is 10.3. The smallest absolute Gasteiger partial charge is 0.194 e. The second kappa shape index (κ2) is 8.48. The predicted octanol–water partition coefficient (Wildman–Crippen LogP) is 2.72. The van der Waals surface area contributed by atoms with Crippen molar-refractivity contribution in [1.82, 2.24) is 0 Å². The van der Waals surface area contributed by atoms with Crippen molar-refractivity contribution in [2.75, 3.05) is 6.61 Å². The van der Waals surface area contributed by atoms with E-state index < -0.39 is 6.29 Å². The van der Waals surface area contributed by atoms with Gasteiger partial charge in [0.2, 0.25) is 0 Å². The Balaban J connectivity index is 3.32. The Morgan fingerprint density at radius 1 is 1.23 bits per heavy atom. The van der Waals surface area contributed by atoms with Gasteiger partial charge in [-0.05, 0) is 13.3 Å². The molecule has 79 valence electrons. The predicted molar refractivity (Wildman–Crippen MR) is 50.8 cm³/mol. The van der Waals surface area contributed by atoms with E-state index in [1.807, 2.05) is 6.92 Å². The summed E-state index contributed by atoms with van der Waals surface area (Å²) in [5.74, 6) is 0. The van der Waals surface area contributed by atoms with Crippen molar-refractivity contribution in [3.05, 3.63) is 0 Å². The summed E-state index contributed by atoms with van der Waals surface area (Å²) in [6.45, 7) is 6.52. The van der Waals surface area contributed by atoms with Gasteiger partial charge in [0, 0.05) is 13.0 Å². The van der Waals surface area contributed by atoms with Gasteiger partial charge < -0.3 is 9.47 Å². The van der Waals surface area contributed by atoms with Gasteiger partial charge in [-0.3, -0.25) is 0 Å². The highest BCUT2D eigenvalue weighted by atomic mass is 16.7. The van der Waals surface area contributed by atoms with E-state index in [2.05, 4.69) is 6.92 Å². The van der Waals surface area contributed by atoms with Gasteiger partial charge in [0.25, 0.3) is 0 Å². The van der Waals surface area contributed by atoms with Gasteiger partial charge in [-0.2, -0.15) is 0 Å². The Hall–Kier alpha value is -0.120. The van der Waals surface area contributed by atoms with E-state index in [1.54, 1.807) is 6.92 Å². The SMILES string of the molecule is CCCCOC(C)OC([O])CCC. The molecule has 0 aliphatic heterocycles. The van der Waals surface area contributed by atoms with Gasteiger partial charge in [0.15, 0.2) is 12.6 Å². The van der Waals surface area contributed by atoms with E-state index in [4.69, 9.17) is 9.47 Å². The molecular formula is C10H21O3. The van der Waals surface area contributed by atoms with Gasteiger partial charge in [0.1, 0.15) is 0 Å². The number of hydrogen-bond donors (Lipinski definition) is 0. The number of unbranched alkanes of at least 4 members (excludes halogenated alkanes) is 1. The lowest BCUT2D eigenvalue weighted by atomic mass is 10.3. The van der Waals surface area contributed by atoms with E-state index in [0.29, 0.717) is 13.0 Å². The lowest BCUT2D eigenvalue weighted by molar-refractivity contribution is -0.242. The molecule has 0 saturated carbocycles. The maximum atomic E-state index is 11.1. The number of ether oxygens (including phenoxy) is 2. The first-order valence-corrected chi connectivity index (χ1v) is 5.13. The van der Waals surface area contributed by atoms with Crippen LogP contribution >= 0.6 is 0 Å². The molecule has 3 heteroatoms. The zero-order chi connectivity index (χ0) is 10.1. The molecule has 1 radical (unpaired) electrons. The van der Waals surface area contributed by atoms with Gasteiger partial charge >= 0.3 is 0 Å². The second-order valence-electron chi connectivity index (χ2n) is 3.15. The molecule has 13 heavy (non-hydrogen) atoms. The Morgan fingerprint density at radius 2 is 1.92 bits per heavy atom. The molecule has 0 aliphatic carbocycles. The Kier molecular flexibility index (Phi) is 8.40. The van der Waals surface area contributed by atoms with Crippen molar-refractivity contribution in [2.45, 2.75) is 59.0 Å². The van der Waals surface area contributed by atoms with Crippen LogP contribution in [-0.4, -0.2) is 19.2 Å². The third-order valence-corrected chi connectivity index (χ3v) is 1.72. The molecule has 0 saturated heterocycles. The molecule has 0 amide bonds. The fraction of sp³-hybridized carbons (Fsp3) is 1.00. The maximum Gasteiger partial charge on any atom is 0.194 e. The van der Waals surface area contributed by atoms with Crippen LogP contribution in [0.15, 0.2) is 0 Å². The van der Waals surface area contributed by atoms with Gasteiger partial charge in [0.05, 0.1) is 0 Å². The number of hydrogen-bond acceptors (Lipinski definition) is 2. The lowest BCUT2D eigenvalue weighted by Gasteiger charge is -2.16. The molecule has 0 aromatic heterocycles. The highest BCUT2D eigenvalue weighted by Gasteiger charge is 2.10. The third-order valence-electron chi connectivity index (χ3n) is 1.72. The van der Waals surface area contributed by atoms with E-state index >= 15 is 0 Å². The highest BCUT2D eigenvalue weighted by molar-refractivity contribution is 4.41. The van der Waals surface area contributed by atoms with Crippen molar-refractivity contribution in [1.29, 1.82) is 0 Å². The van der Waals surface area contributed by atoms with Crippen LogP contribution in [0.2, 0.25) is 0 Å². The molecule has 0 aromatic carbocycles. The van der Waals surface area contributed by atoms with Crippen LogP contribution in [0.25, 0.3) is 0 Å². The molecule has 0 aromatic rings. The first-order chi connectivity index (χ1) is 6.20. The minimum Gasteiger partial charge on any atom is -0.353 e. The Bertz CT molecular complexity index is 106. The van der Waals surface area contributed by atoms with Crippen molar-refractivity contribution in [3.63, 3.8) is 0 Å². The monoisotopic (exact) mass is 189 g/mol. The zero-order valence-electron chi connectivity index (χ0n) is 8.91. The highest BCUT2D eigenvalue weighted by Crippen LogP contribution is 2.04. The molecule has 3 nitrogen and oxygen atoms in total. The van der Waals surface area contributed by atoms with Gasteiger partial charge in [-0.25, -0.2) is 5.11 Å². The Morgan fingerprint density at radius 3 is 2.46 bits per heavy atom. The zero-order valence-corrected chi connectivity index (χ0v) is 8.91. The van der Waals surface area contributed by atoms with E-state index in [-0.39, 0.29) is 6.29 Å². The van der Waals surface area contributed by atoms with Crippen LogP contribution < -0.4 is 0 Å². The maximum absolute atomic E-state index is 11.1. The first kappa shape index (κ1) is 12.9. The largest absolute Gasteiger partial charge is 0.353 e. The standard InChI is InChI=1S/C10H21O3/c1-4-6-8-12-9(3)13-10(11)7-5-2/h9-10H,4-8H2,1-3H3. The lowest BCUT2D eigenvalue weighted by Crippen LogP contribution is -2.21. The summed E-state index contributed by atoms with van der Waals surface area (Å²) in [4.78, 5) is 0. The first-order valence-electron chi connectivity index (χ1n) is 5.13. The number of rotatable bonds is 8. The minimum absolute atomic E-state index is 0.361. The summed E-state index contributed by atoms with van der Waals surface area (Å²) in [5, 5.41) is 11.1. The molecule has 0 fully saturated rings. The van der Waals surface area contributed by atoms with E-state index in [9.17, 15) is 5.11 Å². The third kappa shape index (κ3) is 8.22. The van der Waals surface area contributed by atoms with E-state index in [1.165, 1.54) is 0 Å². The summed E-state index contributed by atoms with van der Waals surface area (Å²) >= 11 is 0. The van der Waals surface area contributed by atoms with Crippen LogP contribution in [-0.2, 0) is 14.6 Å². The molecule has 2 atom stereocenters. The van der Waals surface area contributed by atoms with Crippen molar-refractivity contribution >= 4 is 0 Å². The van der Waals surface area contributed by atoms with Crippen LogP contribution in [0.5, 0.6) is 0 Å². The van der Waals surface area contributed by atoms with Gasteiger partial charge in [-0.1, -0.05) is 26.7 Å². The molecule has 0 aliphatic rings. The van der Waals surface area contributed by atoms with Crippen LogP contribution in [0.1, 0.15) is 46.5 Å². The Labute approximate surface area is 81.0 Å². The van der Waals surface area contributed by atoms with Crippen molar-refractivity contribution in [2.24, 2.45) is 0 Å². The molecule has 2 unspecified atom stereocenters. The quantitative estimate of drug-likeness (QED) is 0.435. The fourth-order valence-electron chi connectivity index (χ4n) is 0.950. The average Bonchev–Trinajstić information content (AvgIpc) is 2.05. The van der Waals surface area contributed by atoms with Crippen molar-refractivity contribution in [3.8, 4) is 0 Å². The molecular weight excluding hydrogens is 168 g/mol. The minimum atomic E-state index is -0.929. The summed E-state index contributed by atoms with van der Waals surface area (Å²) in [7, 11) is 0. The molecule has 0 rings (SSSR count). The summed E-state index contributed by atoms with van der Waals surface area (Å²) in [5.41, 5.74) is 0. The molecule has 0 heterocycles. The summed E-state index contributed by atoms with van der Waals surface area (Å²) in [6, 6.07) is 0. The molecule has 0 spiro atoms. The van der Waals surface area contributed by atoms with E-state index in [0.717, 1.165) is 19.3 Å². The van der Waals surface area contributed by atoms with Crippen LogP contribution in [0, 0.1) is 0 Å².